The minimum atomic E-state index is -0.157. The first kappa shape index (κ1) is 19.4. The molecule has 5 rings (SSSR count). The van der Waals surface area contributed by atoms with Gasteiger partial charge in [-0.15, -0.1) is 0 Å². The summed E-state index contributed by atoms with van der Waals surface area (Å²) in [7, 11) is 0. The van der Waals surface area contributed by atoms with Crippen molar-refractivity contribution < 1.29 is 5.11 Å². The standard InChI is InChI=1S/C23H23ClN4OS/c1-13-11-17(14(2)27(13)16-7-8-16)22-21(18-5-3-4-10-25-18)26-23(30)28(22)19-12-15(24)6-9-20(19)29/h3-6,9-12,16,21-22,29H,7-8H2,1-2H3,(H,26,30)/t21-,22-/m1/s1. The van der Waals surface area contributed by atoms with Gasteiger partial charge in [0.15, 0.2) is 5.11 Å². The fourth-order valence-electron chi connectivity index (χ4n) is 4.62. The van der Waals surface area contributed by atoms with Crippen LogP contribution in [0.2, 0.25) is 5.02 Å². The normalized spacial score (nSPS) is 21.2. The van der Waals surface area contributed by atoms with Gasteiger partial charge in [-0.05, 0) is 80.9 Å². The third kappa shape index (κ3) is 3.15. The Balaban J connectivity index is 1.69. The van der Waals surface area contributed by atoms with Gasteiger partial charge in [-0.2, -0.15) is 0 Å². The van der Waals surface area contributed by atoms with Crippen LogP contribution in [0.3, 0.4) is 0 Å². The number of hydrogen-bond donors (Lipinski definition) is 2. The maximum Gasteiger partial charge on any atom is 0.174 e. The molecule has 3 aromatic rings. The third-order valence-electron chi connectivity index (χ3n) is 6.05. The molecule has 0 radical (unpaired) electrons. The van der Waals surface area contributed by atoms with Crippen molar-refractivity contribution >= 4 is 34.6 Å². The van der Waals surface area contributed by atoms with E-state index in [4.69, 9.17) is 23.8 Å². The van der Waals surface area contributed by atoms with Crippen LogP contribution >= 0.6 is 23.8 Å². The Labute approximate surface area is 186 Å². The highest BCUT2D eigenvalue weighted by atomic mass is 35.5. The molecule has 0 amide bonds. The zero-order valence-electron chi connectivity index (χ0n) is 16.8. The zero-order chi connectivity index (χ0) is 21.0. The number of aryl methyl sites for hydroxylation is 1. The highest BCUT2D eigenvalue weighted by Gasteiger charge is 2.43. The van der Waals surface area contributed by atoms with Crippen molar-refractivity contribution in [3.63, 3.8) is 0 Å². The van der Waals surface area contributed by atoms with Crippen LogP contribution in [0.25, 0.3) is 0 Å². The SMILES string of the molecule is Cc1cc([C@@H]2[C@@H](c3ccccn3)NC(=S)N2c2cc(Cl)ccc2O)c(C)n1C1CC1. The number of aromatic nitrogens is 2. The van der Waals surface area contributed by atoms with E-state index in [1.807, 2.05) is 23.1 Å². The van der Waals surface area contributed by atoms with E-state index in [9.17, 15) is 5.11 Å². The monoisotopic (exact) mass is 438 g/mol. The number of benzene rings is 1. The molecule has 30 heavy (non-hydrogen) atoms. The molecule has 2 atom stereocenters. The molecule has 2 aromatic heterocycles. The van der Waals surface area contributed by atoms with Crippen LogP contribution in [0.1, 0.15) is 53.6 Å². The summed E-state index contributed by atoms with van der Waals surface area (Å²) in [5, 5.41) is 15.2. The van der Waals surface area contributed by atoms with Crippen LogP contribution in [0.4, 0.5) is 5.69 Å². The maximum absolute atomic E-state index is 10.7. The Hall–Kier alpha value is -2.57. The van der Waals surface area contributed by atoms with E-state index >= 15 is 0 Å². The fourth-order valence-corrected chi connectivity index (χ4v) is 5.12. The Morgan fingerprint density at radius 1 is 1.17 bits per heavy atom. The second kappa shape index (κ2) is 7.29. The number of phenolic OH excluding ortho intramolecular Hbond substituents is 1. The molecule has 154 valence electrons. The summed E-state index contributed by atoms with van der Waals surface area (Å²) in [4.78, 5) is 6.58. The van der Waals surface area contributed by atoms with Gasteiger partial charge in [0.1, 0.15) is 5.75 Å². The van der Waals surface area contributed by atoms with Crippen LogP contribution in [0.15, 0.2) is 48.7 Å². The number of rotatable bonds is 4. The number of nitrogens with zero attached hydrogens (tertiary/aromatic N) is 3. The molecule has 1 saturated carbocycles. The molecule has 0 spiro atoms. The van der Waals surface area contributed by atoms with Crippen LogP contribution in [-0.4, -0.2) is 19.8 Å². The maximum atomic E-state index is 10.7. The quantitative estimate of drug-likeness (QED) is 0.536. The molecule has 5 nitrogen and oxygen atoms in total. The fraction of sp³-hybridized carbons (Fsp3) is 0.304. The van der Waals surface area contributed by atoms with Crippen molar-refractivity contribution in [3.8, 4) is 5.75 Å². The molecule has 2 N–H and O–H groups in total. The summed E-state index contributed by atoms with van der Waals surface area (Å²) in [5.41, 5.74) is 5.17. The predicted molar refractivity (Wildman–Crippen MR) is 123 cm³/mol. The second-order valence-electron chi connectivity index (χ2n) is 8.06. The van der Waals surface area contributed by atoms with Gasteiger partial charge < -0.3 is 19.9 Å². The minimum absolute atomic E-state index is 0.145. The van der Waals surface area contributed by atoms with E-state index < -0.39 is 0 Å². The van der Waals surface area contributed by atoms with E-state index in [1.165, 1.54) is 29.8 Å². The highest BCUT2D eigenvalue weighted by Crippen LogP contribution is 2.47. The highest BCUT2D eigenvalue weighted by molar-refractivity contribution is 7.80. The summed E-state index contributed by atoms with van der Waals surface area (Å²) in [6, 6.07) is 13.5. The Kier molecular flexibility index (Phi) is 4.71. The number of phenols is 1. The van der Waals surface area contributed by atoms with Crippen LogP contribution in [-0.2, 0) is 0 Å². The van der Waals surface area contributed by atoms with Gasteiger partial charge in [0.05, 0.1) is 23.5 Å². The number of pyridine rings is 1. The molecule has 1 aromatic carbocycles. The number of anilines is 1. The smallest absolute Gasteiger partial charge is 0.174 e. The molecule has 1 aliphatic heterocycles. The lowest BCUT2D eigenvalue weighted by Crippen LogP contribution is -2.29. The van der Waals surface area contributed by atoms with Gasteiger partial charge in [0.25, 0.3) is 0 Å². The summed E-state index contributed by atoms with van der Waals surface area (Å²) >= 11 is 12.0. The van der Waals surface area contributed by atoms with E-state index in [0.717, 1.165) is 5.69 Å². The Morgan fingerprint density at radius 2 is 1.97 bits per heavy atom. The largest absolute Gasteiger partial charge is 0.506 e. The average molecular weight is 439 g/mol. The van der Waals surface area contributed by atoms with Gasteiger partial charge in [-0.25, -0.2) is 0 Å². The Bertz CT molecular complexity index is 1130. The van der Waals surface area contributed by atoms with Crippen molar-refractivity contribution in [3.05, 3.63) is 76.3 Å². The average Bonchev–Trinajstić information content (AvgIpc) is 3.44. The first-order valence-corrected chi connectivity index (χ1v) is 10.9. The van der Waals surface area contributed by atoms with Crippen molar-refractivity contribution in [2.24, 2.45) is 0 Å². The van der Waals surface area contributed by atoms with Crippen molar-refractivity contribution in [1.29, 1.82) is 0 Å². The molecule has 3 heterocycles. The molecule has 1 aliphatic carbocycles. The second-order valence-corrected chi connectivity index (χ2v) is 8.88. The zero-order valence-corrected chi connectivity index (χ0v) is 18.4. The molecular formula is C23H23ClN4OS. The van der Waals surface area contributed by atoms with Crippen LogP contribution in [0, 0.1) is 13.8 Å². The van der Waals surface area contributed by atoms with Gasteiger partial charge in [0, 0.05) is 28.6 Å². The number of halogens is 1. The third-order valence-corrected chi connectivity index (χ3v) is 6.60. The van der Waals surface area contributed by atoms with Gasteiger partial charge >= 0.3 is 0 Å². The van der Waals surface area contributed by atoms with Crippen LogP contribution < -0.4 is 10.2 Å². The first-order chi connectivity index (χ1) is 14.5. The van der Waals surface area contributed by atoms with E-state index in [2.05, 4.69) is 34.8 Å². The number of aromatic hydroxyl groups is 1. The van der Waals surface area contributed by atoms with Crippen molar-refractivity contribution in [2.45, 2.75) is 44.8 Å². The summed E-state index contributed by atoms with van der Waals surface area (Å²) < 4.78 is 2.43. The summed E-state index contributed by atoms with van der Waals surface area (Å²) in [6.07, 6.45) is 4.24. The van der Waals surface area contributed by atoms with Crippen molar-refractivity contribution in [2.75, 3.05) is 4.90 Å². The first-order valence-electron chi connectivity index (χ1n) is 10.1. The van der Waals surface area contributed by atoms with E-state index in [1.54, 1.807) is 24.4 Å². The molecule has 1 saturated heterocycles. The summed E-state index contributed by atoms with van der Waals surface area (Å²) in [6.45, 7) is 4.33. The molecular weight excluding hydrogens is 416 g/mol. The number of hydrogen-bond acceptors (Lipinski definition) is 3. The number of nitrogens with one attached hydrogen (secondary N) is 1. The summed E-state index contributed by atoms with van der Waals surface area (Å²) in [5.74, 6) is 0.145. The van der Waals surface area contributed by atoms with E-state index in [-0.39, 0.29) is 17.8 Å². The topological polar surface area (TPSA) is 53.3 Å². The molecule has 2 fully saturated rings. The minimum Gasteiger partial charge on any atom is -0.506 e. The van der Waals surface area contributed by atoms with Crippen LogP contribution in [0.5, 0.6) is 5.75 Å². The molecule has 7 heteroatoms. The molecule has 0 unspecified atom stereocenters. The lowest BCUT2D eigenvalue weighted by atomic mass is 9.96. The lowest BCUT2D eigenvalue weighted by molar-refractivity contribution is 0.472. The van der Waals surface area contributed by atoms with Gasteiger partial charge in [-0.3, -0.25) is 4.98 Å². The van der Waals surface area contributed by atoms with E-state index in [0.29, 0.717) is 21.9 Å². The van der Waals surface area contributed by atoms with Crippen molar-refractivity contribution in [1.82, 2.24) is 14.9 Å². The Morgan fingerprint density at radius 3 is 2.67 bits per heavy atom. The predicted octanol–water partition coefficient (Wildman–Crippen LogP) is 5.37. The molecule has 0 bridgehead atoms. The molecule has 2 aliphatic rings. The van der Waals surface area contributed by atoms with Gasteiger partial charge in [0.2, 0.25) is 0 Å². The van der Waals surface area contributed by atoms with Gasteiger partial charge in [-0.1, -0.05) is 17.7 Å². The number of thiocarbonyl (C=S) groups is 1. The lowest BCUT2D eigenvalue weighted by Gasteiger charge is -2.28.